The Bertz CT molecular complexity index is 566. The van der Waals surface area contributed by atoms with E-state index >= 15 is 0 Å². The smallest absolute Gasteiger partial charge is 0.0598 e. The first kappa shape index (κ1) is 15.5. The summed E-state index contributed by atoms with van der Waals surface area (Å²) in [7, 11) is 2.13. The van der Waals surface area contributed by atoms with Crippen molar-refractivity contribution in [1.82, 2.24) is 10.3 Å². The molecular formula is C18H25N3. The molecule has 2 rings (SSSR count). The predicted molar refractivity (Wildman–Crippen MR) is 89.5 cm³/mol. The molecule has 2 aromatic rings. The van der Waals surface area contributed by atoms with Crippen LogP contribution in [0.5, 0.6) is 0 Å². The van der Waals surface area contributed by atoms with Gasteiger partial charge in [0.2, 0.25) is 0 Å². The first-order valence-electron chi connectivity index (χ1n) is 7.61. The molecule has 1 heterocycles. The van der Waals surface area contributed by atoms with Gasteiger partial charge in [-0.3, -0.25) is 4.98 Å². The van der Waals surface area contributed by atoms with Crippen molar-refractivity contribution in [2.45, 2.75) is 33.4 Å². The van der Waals surface area contributed by atoms with E-state index in [4.69, 9.17) is 0 Å². The molecule has 0 atom stereocenters. The average molecular weight is 283 g/mol. The summed E-state index contributed by atoms with van der Waals surface area (Å²) in [5.41, 5.74) is 5.19. The number of benzene rings is 1. The lowest BCUT2D eigenvalue weighted by atomic mass is 10.1. The fourth-order valence-electron chi connectivity index (χ4n) is 2.44. The highest BCUT2D eigenvalue weighted by Crippen LogP contribution is 2.20. The second kappa shape index (κ2) is 7.79. The molecule has 3 nitrogen and oxygen atoms in total. The molecule has 0 aliphatic heterocycles. The quantitative estimate of drug-likeness (QED) is 0.788. The monoisotopic (exact) mass is 283 g/mol. The van der Waals surface area contributed by atoms with Gasteiger partial charge in [-0.15, -0.1) is 0 Å². The fourth-order valence-corrected chi connectivity index (χ4v) is 2.44. The molecule has 1 aromatic carbocycles. The first-order chi connectivity index (χ1) is 10.2. The van der Waals surface area contributed by atoms with Crippen molar-refractivity contribution in [3.8, 4) is 0 Å². The summed E-state index contributed by atoms with van der Waals surface area (Å²) in [6.07, 6.45) is 4.98. The fraction of sp³-hybridized carbons (Fsp3) is 0.389. The van der Waals surface area contributed by atoms with E-state index in [-0.39, 0.29) is 0 Å². The highest BCUT2D eigenvalue weighted by Gasteiger charge is 2.09. The van der Waals surface area contributed by atoms with Crippen LogP contribution in [-0.4, -0.2) is 18.6 Å². The van der Waals surface area contributed by atoms with Crippen molar-refractivity contribution in [3.63, 3.8) is 0 Å². The van der Waals surface area contributed by atoms with E-state index in [1.807, 2.05) is 12.4 Å². The van der Waals surface area contributed by atoms with Gasteiger partial charge in [0.25, 0.3) is 0 Å². The van der Waals surface area contributed by atoms with Crippen molar-refractivity contribution < 1.29 is 0 Å². The molecule has 0 amide bonds. The number of hydrogen-bond acceptors (Lipinski definition) is 3. The third-order valence-electron chi connectivity index (χ3n) is 3.71. The molecule has 0 saturated heterocycles. The molecule has 21 heavy (non-hydrogen) atoms. The molecule has 0 unspecified atom stereocenters. The molecule has 0 bridgehead atoms. The third-order valence-corrected chi connectivity index (χ3v) is 3.71. The van der Waals surface area contributed by atoms with Crippen LogP contribution in [0.1, 0.15) is 30.0 Å². The van der Waals surface area contributed by atoms with E-state index in [2.05, 4.69) is 66.4 Å². The molecule has 112 valence electrons. The number of anilines is 1. The summed E-state index contributed by atoms with van der Waals surface area (Å²) in [5, 5.41) is 3.47. The van der Waals surface area contributed by atoms with Gasteiger partial charge in [-0.25, -0.2) is 0 Å². The van der Waals surface area contributed by atoms with Crippen molar-refractivity contribution >= 4 is 5.69 Å². The van der Waals surface area contributed by atoms with Crippen LogP contribution in [0.2, 0.25) is 0 Å². The van der Waals surface area contributed by atoms with Crippen molar-refractivity contribution in [1.29, 1.82) is 0 Å². The number of hydrogen-bond donors (Lipinski definition) is 1. The van der Waals surface area contributed by atoms with Crippen LogP contribution < -0.4 is 10.2 Å². The van der Waals surface area contributed by atoms with Gasteiger partial charge in [0, 0.05) is 26.3 Å². The van der Waals surface area contributed by atoms with Crippen LogP contribution in [0.15, 0.2) is 42.7 Å². The number of nitrogens with one attached hydrogen (secondary N) is 1. The van der Waals surface area contributed by atoms with E-state index in [1.165, 1.54) is 22.4 Å². The molecule has 0 saturated carbocycles. The lowest BCUT2D eigenvalue weighted by Gasteiger charge is -2.23. The Balaban J connectivity index is 2.11. The van der Waals surface area contributed by atoms with Gasteiger partial charge in [-0.05, 0) is 42.6 Å². The number of aryl methyl sites for hydroxylation is 1. The maximum atomic E-state index is 4.29. The summed E-state index contributed by atoms with van der Waals surface area (Å²) in [5.74, 6) is 0. The SMILES string of the molecule is CCCNCc1ccncc1N(C)Cc1ccccc1C. The molecule has 1 aromatic heterocycles. The normalized spacial score (nSPS) is 10.6. The van der Waals surface area contributed by atoms with Gasteiger partial charge < -0.3 is 10.2 Å². The first-order valence-corrected chi connectivity index (χ1v) is 7.61. The van der Waals surface area contributed by atoms with Crippen LogP contribution in [0, 0.1) is 6.92 Å². The van der Waals surface area contributed by atoms with E-state index in [0.717, 1.165) is 26.1 Å². The largest absolute Gasteiger partial charge is 0.369 e. The Hall–Kier alpha value is -1.87. The zero-order valence-electron chi connectivity index (χ0n) is 13.3. The molecule has 0 aliphatic carbocycles. The Labute approximate surface area is 128 Å². The Morgan fingerprint density at radius 2 is 1.95 bits per heavy atom. The number of aromatic nitrogens is 1. The van der Waals surface area contributed by atoms with Crippen LogP contribution in [0.4, 0.5) is 5.69 Å². The van der Waals surface area contributed by atoms with Crippen LogP contribution in [0.3, 0.4) is 0 Å². The molecule has 3 heteroatoms. The zero-order chi connectivity index (χ0) is 15.1. The van der Waals surface area contributed by atoms with Gasteiger partial charge in [0.05, 0.1) is 11.9 Å². The van der Waals surface area contributed by atoms with E-state index in [1.54, 1.807) is 0 Å². The zero-order valence-corrected chi connectivity index (χ0v) is 13.3. The predicted octanol–water partition coefficient (Wildman–Crippen LogP) is 3.53. The maximum absolute atomic E-state index is 4.29. The second-order valence-electron chi connectivity index (χ2n) is 5.46. The van der Waals surface area contributed by atoms with Crippen LogP contribution >= 0.6 is 0 Å². The Morgan fingerprint density at radius 3 is 2.71 bits per heavy atom. The van der Waals surface area contributed by atoms with Crippen LogP contribution in [-0.2, 0) is 13.1 Å². The van der Waals surface area contributed by atoms with Crippen molar-refractivity contribution in [2.24, 2.45) is 0 Å². The lowest BCUT2D eigenvalue weighted by molar-refractivity contribution is 0.673. The summed E-state index contributed by atoms with van der Waals surface area (Å²) in [6.45, 7) is 7.19. The highest BCUT2D eigenvalue weighted by molar-refractivity contribution is 5.51. The third kappa shape index (κ3) is 4.30. The number of pyridine rings is 1. The molecule has 0 fully saturated rings. The maximum Gasteiger partial charge on any atom is 0.0598 e. The van der Waals surface area contributed by atoms with Gasteiger partial charge in [0.15, 0.2) is 0 Å². The van der Waals surface area contributed by atoms with E-state index in [9.17, 15) is 0 Å². The summed E-state index contributed by atoms with van der Waals surface area (Å²) < 4.78 is 0. The van der Waals surface area contributed by atoms with Crippen LogP contribution in [0.25, 0.3) is 0 Å². The molecule has 0 radical (unpaired) electrons. The van der Waals surface area contributed by atoms with Crippen molar-refractivity contribution in [2.75, 3.05) is 18.5 Å². The minimum Gasteiger partial charge on any atom is -0.369 e. The van der Waals surface area contributed by atoms with Crippen molar-refractivity contribution in [3.05, 3.63) is 59.4 Å². The summed E-state index contributed by atoms with van der Waals surface area (Å²) >= 11 is 0. The minimum absolute atomic E-state index is 0.893. The minimum atomic E-state index is 0.893. The molecule has 1 N–H and O–H groups in total. The number of rotatable bonds is 7. The molecule has 0 aliphatic rings. The van der Waals surface area contributed by atoms with Gasteiger partial charge in [0.1, 0.15) is 0 Å². The highest BCUT2D eigenvalue weighted by atomic mass is 15.1. The second-order valence-corrected chi connectivity index (χ2v) is 5.46. The summed E-state index contributed by atoms with van der Waals surface area (Å²) in [4.78, 5) is 6.57. The molecular weight excluding hydrogens is 258 g/mol. The number of nitrogens with zero attached hydrogens (tertiary/aromatic N) is 2. The Kier molecular flexibility index (Phi) is 5.76. The van der Waals surface area contributed by atoms with E-state index < -0.39 is 0 Å². The summed E-state index contributed by atoms with van der Waals surface area (Å²) in [6, 6.07) is 10.6. The lowest BCUT2D eigenvalue weighted by Crippen LogP contribution is -2.21. The van der Waals surface area contributed by atoms with Gasteiger partial charge in [-0.1, -0.05) is 31.2 Å². The topological polar surface area (TPSA) is 28.2 Å². The van der Waals surface area contributed by atoms with Gasteiger partial charge >= 0.3 is 0 Å². The Morgan fingerprint density at radius 1 is 1.14 bits per heavy atom. The standard InChI is InChI=1S/C18H25N3/c1-4-10-19-12-16-9-11-20-13-18(16)21(3)14-17-8-6-5-7-15(17)2/h5-9,11,13,19H,4,10,12,14H2,1-3H3. The average Bonchev–Trinajstić information content (AvgIpc) is 2.50. The van der Waals surface area contributed by atoms with E-state index in [0.29, 0.717) is 0 Å². The molecule has 0 spiro atoms. The van der Waals surface area contributed by atoms with Gasteiger partial charge in [-0.2, -0.15) is 0 Å².